The Morgan fingerprint density at radius 3 is 2.87 bits per heavy atom. The maximum absolute atomic E-state index is 11.8. The molecule has 84 valence electrons. The first-order valence-electron chi connectivity index (χ1n) is 5.00. The Morgan fingerprint density at radius 1 is 1.60 bits per heavy atom. The number of ether oxygens (including phenoxy) is 1. The normalized spacial score (nSPS) is 12.7. The van der Waals surface area contributed by atoms with Crippen molar-refractivity contribution < 1.29 is 9.53 Å². The summed E-state index contributed by atoms with van der Waals surface area (Å²) in [5.41, 5.74) is 5.80. The van der Waals surface area contributed by atoms with E-state index < -0.39 is 6.04 Å². The molecule has 0 fully saturated rings. The van der Waals surface area contributed by atoms with Crippen molar-refractivity contribution in [1.29, 1.82) is 0 Å². The van der Waals surface area contributed by atoms with Gasteiger partial charge in [-0.25, -0.2) is 0 Å². The molecule has 0 spiro atoms. The van der Waals surface area contributed by atoms with Crippen molar-refractivity contribution in [2.75, 3.05) is 13.7 Å². The van der Waals surface area contributed by atoms with Crippen LogP contribution in [0.25, 0.3) is 0 Å². The predicted molar refractivity (Wildman–Crippen MR) is 62.5 cm³/mol. The summed E-state index contributed by atoms with van der Waals surface area (Å²) in [7, 11) is 1.65. The Balaban J connectivity index is 2.46. The van der Waals surface area contributed by atoms with E-state index in [0.29, 0.717) is 13.0 Å². The molecule has 0 bridgehead atoms. The SMILES string of the molecule is COCCCC(N)C(=O)c1ccc(C)s1. The monoisotopic (exact) mass is 227 g/mol. The fourth-order valence-corrected chi connectivity index (χ4v) is 2.20. The smallest absolute Gasteiger partial charge is 0.189 e. The summed E-state index contributed by atoms with van der Waals surface area (Å²) in [5.74, 6) is 0.0456. The van der Waals surface area contributed by atoms with E-state index in [9.17, 15) is 4.79 Å². The summed E-state index contributed by atoms with van der Waals surface area (Å²) in [6, 6.07) is 3.40. The van der Waals surface area contributed by atoms with Crippen molar-refractivity contribution in [3.63, 3.8) is 0 Å². The second-order valence-electron chi connectivity index (χ2n) is 3.52. The third-order valence-electron chi connectivity index (χ3n) is 2.18. The molecule has 1 unspecified atom stereocenters. The maximum atomic E-state index is 11.8. The lowest BCUT2D eigenvalue weighted by atomic mass is 10.1. The van der Waals surface area contributed by atoms with Crippen molar-refractivity contribution in [3.05, 3.63) is 21.9 Å². The van der Waals surface area contributed by atoms with Gasteiger partial charge in [-0.15, -0.1) is 11.3 Å². The van der Waals surface area contributed by atoms with Crippen molar-refractivity contribution in [2.45, 2.75) is 25.8 Å². The Bertz CT molecular complexity index is 322. The summed E-state index contributed by atoms with van der Waals surface area (Å²) in [6.45, 7) is 2.64. The zero-order valence-electron chi connectivity index (χ0n) is 9.16. The first-order chi connectivity index (χ1) is 7.15. The fraction of sp³-hybridized carbons (Fsp3) is 0.545. The lowest BCUT2D eigenvalue weighted by Gasteiger charge is -2.08. The Labute approximate surface area is 94.2 Å². The molecule has 0 radical (unpaired) electrons. The largest absolute Gasteiger partial charge is 0.385 e. The van der Waals surface area contributed by atoms with Crippen molar-refractivity contribution in [3.8, 4) is 0 Å². The number of methoxy groups -OCH3 is 1. The number of carbonyl (C=O) groups is 1. The van der Waals surface area contributed by atoms with Crippen LogP contribution in [0.15, 0.2) is 12.1 Å². The van der Waals surface area contributed by atoms with Crippen LogP contribution in [-0.4, -0.2) is 25.5 Å². The third-order valence-corrected chi connectivity index (χ3v) is 3.20. The van der Waals surface area contributed by atoms with Crippen molar-refractivity contribution in [1.82, 2.24) is 0 Å². The topological polar surface area (TPSA) is 52.3 Å². The summed E-state index contributed by atoms with van der Waals surface area (Å²) in [5, 5.41) is 0. The Hall–Kier alpha value is -0.710. The molecule has 2 N–H and O–H groups in total. The average Bonchev–Trinajstić information content (AvgIpc) is 2.64. The van der Waals surface area contributed by atoms with Gasteiger partial charge in [0.1, 0.15) is 0 Å². The number of hydrogen-bond donors (Lipinski definition) is 1. The maximum Gasteiger partial charge on any atom is 0.189 e. The lowest BCUT2D eigenvalue weighted by molar-refractivity contribution is 0.0954. The molecular formula is C11H17NO2S. The molecule has 3 nitrogen and oxygen atoms in total. The van der Waals surface area contributed by atoms with Gasteiger partial charge in [0.25, 0.3) is 0 Å². The summed E-state index contributed by atoms with van der Waals surface area (Å²) in [4.78, 5) is 13.7. The molecule has 15 heavy (non-hydrogen) atoms. The van der Waals surface area contributed by atoms with Gasteiger partial charge in [-0.2, -0.15) is 0 Å². The molecule has 0 saturated carbocycles. The van der Waals surface area contributed by atoms with Gasteiger partial charge in [-0.1, -0.05) is 0 Å². The molecule has 0 aromatic carbocycles. The quantitative estimate of drug-likeness (QED) is 0.597. The van der Waals surface area contributed by atoms with Gasteiger partial charge in [-0.3, -0.25) is 4.79 Å². The molecule has 1 atom stereocenters. The molecular weight excluding hydrogens is 210 g/mol. The lowest BCUT2D eigenvalue weighted by Crippen LogP contribution is -2.30. The summed E-state index contributed by atoms with van der Waals surface area (Å²) < 4.78 is 4.92. The Morgan fingerprint density at radius 2 is 2.33 bits per heavy atom. The highest BCUT2D eigenvalue weighted by atomic mass is 32.1. The minimum absolute atomic E-state index is 0.0456. The van der Waals surface area contributed by atoms with E-state index in [0.717, 1.165) is 16.2 Å². The van der Waals surface area contributed by atoms with Gasteiger partial charge in [0.05, 0.1) is 10.9 Å². The molecule has 0 aliphatic carbocycles. The zero-order chi connectivity index (χ0) is 11.3. The molecule has 1 aromatic heterocycles. The van der Waals surface area contributed by atoms with Gasteiger partial charge in [0.15, 0.2) is 5.78 Å². The van der Waals surface area contributed by atoms with E-state index in [-0.39, 0.29) is 5.78 Å². The van der Waals surface area contributed by atoms with Crippen LogP contribution in [0, 0.1) is 6.92 Å². The number of carbonyl (C=O) groups excluding carboxylic acids is 1. The number of ketones is 1. The standard InChI is InChI=1S/C11H17NO2S/c1-8-5-6-10(15-8)11(13)9(12)4-3-7-14-2/h5-6,9H,3-4,7,12H2,1-2H3. The van der Waals surface area contributed by atoms with Crippen LogP contribution in [0.5, 0.6) is 0 Å². The summed E-state index contributed by atoms with van der Waals surface area (Å²) >= 11 is 1.50. The van der Waals surface area contributed by atoms with E-state index in [1.807, 2.05) is 19.1 Å². The molecule has 0 saturated heterocycles. The van der Waals surface area contributed by atoms with E-state index in [4.69, 9.17) is 10.5 Å². The molecule has 1 aromatic rings. The van der Waals surface area contributed by atoms with Gasteiger partial charge in [0.2, 0.25) is 0 Å². The predicted octanol–water partition coefficient (Wildman–Crippen LogP) is 1.99. The van der Waals surface area contributed by atoms with E-state index in [2.05, 4.69) is 0 Å². The van der Waals surface area contributed by atoms with Crippen LogP contribution in [0.3, 0.4) is 0 Å². The average molecular weight is 227 g/mol. The highest BCUT2D eigenvalue weighted by Crippen LogP contribution is 2.17. The van der Waals surface area contributed by atoms with Crippen LogP contribution in [-0.2, 0) is 4.74 Å². The molecule has 1 rings (SSSR count). The minimum Gasteiger partial charge on any atom is -0.385 e. The number of nitrogens with two attached hydrogens (primary N) is 1. The van der Waals surface area contributed by atoms with Crippen molar-refractivity contribution >= 4 is 17.1 Å². The van der Waals surface area contributed by atoms with Crippen LogP contribution in [0.1, 0.15) is 27.4 Å². The third kappa shape index (κ3) is 3.74. The molecule has 4 heteroatoms. The number of hydrogen-bond acceptors (Lipinski definition) is 4. The first-order valence-corrected chi connectivity index (χ1v) is 5.82. The summed E-state index contributed by atoms with van der Waals surface area (Å²) in [6.07, 6.45) is 1.51. The van der Waals surface area contributed by atoms with Gasteiger partial charge < -0.3 is 10.5 Å². The van der Waals surface area contributed by atoms with Crippen LogP contribution >= 0.6 is 11.3 Å². The number of thiophene rings is 1. The van der Waals surface area contributed by atoms with Crippen LogP contribution < -0.4 is 5.73 Å². The van der Waals surface area contributed by atoms with Crippen LogP contribution in [0.2, 0.25) is 0 Å². The van der Waals surface area contributed by atoms with E-state index >= 15 is 0 Å². The molecule has 1 heterocycles. The first kappa shape index (κ1) is 12.4. The van der Waals surface area contributed by atoms with E-state index in [1.54, 1.807) is 7.11 Å². The van der Waals surface area contributed by atoms with Gasteiger partial charge in [0, 0.05) is 18.6 Å². The Kier molecular flexibility index (Phi) is 4.94. The van der Waals surface area contributed by atoms with Crippen LogP contribution in [0.4, 0.5) is 0 Å². The van der Waals surface area contributed by atoms with Crippen molar-refractivity contribution in [2.24, 2.45) is 5.73 Å². The minimum atomic E-state index is -0.391. The van der Waals surface area contributed by atoms with Gasteiger partial charge in [-0.05, 0) is 31.9 Å². The highest BCUT2D eigenvalue weighted by molar-refractivity contribution is 7.14. The molecule has 0 amide bonds. The van der Waals surface area contributed by atoms with E-state index in [1.165, 1.54) is 11.3 Å². The number of aryl methyl sites for hydroxylation is 1. The number of Topliss-reactive ketones (excluding diaryl/α,β-unsaturated/α-hetero) is 1. The van der Waals surface area contributed by atoms with Gasteiger partial charge >= 0.3 is 0 Å². The highest BCUT2D eigenvalue weighted by Gasteiger charge is 2.16. The molecule has 0 aliphatic heterocycles. The number of rotatable bonds is 6. The fourth-order valence-electron chi connectivity index (χ4n) is 1.33. The second-order valence-corrected chi connectivity index (χ2v) is 4.80. The molecule has 0 aliphatic rings. The zero-order valence-corrected chi connectivity index (χ0v) is 9.97. The second kappa shape index (κ2) is 6.00.